The number of benzene rings is 3. The minimum absolute atomic E-state index is 0.00303. The van der Waals surface area contributed by atoms with E-state index in [9.17, 15) is 13.2 Å². The second kappa shape index (κ2) is 12.6. The van der Waals surface area contributed by atoms with Crippen LogP contribution in [0.4, 0.5) is 5.69 Å². The first kappa shape index (κ1) is 29.2. The number of anilines is 1. The van der Waals surface area contributed by atoms with Crippen LogP contribution in [0.2, 0.25) is 10.0 Å². The van der Waals surface area contributed by atoms with Gasteiger partial charge >= 0.3 is 0 Å². The molecule has 11 heteroatoms. The molecule has 8 nitrogen and oxygen atoms in total. The molecule has 0 radical (unpaired) electrons. The molecule has 0 fully saturated rings. The molecule has 0 unspecified atom stereocenters. The number of nitrogens with one attached hydrogen (secondary N) is 1. The third-order valence-corrected chi connectivity index (χ3v) is 8.36. The third kappa shape index (κ3) is 6.67. The topological polar surface area (TPSA) is 93.0 Å². The van der Waals surface area contributed by atoms with Gasteiger partial charge in [0.15, 0.2) is 0 Å². The first-order valence-electron chi connectivity index (χ1n) is 12.4. The Bertz CT molecular complexity index is 1620. The van der Waals surface area contributed by atoms with Crippen LogP contribution >= 0.6 is 23.2 Å². The highest BCUT2D eigenvalue weighted by Crippen LogP contribution is 2.27. The van der Waals surface area contributed by atoms with Gasteiger partial charge in [-0.3, -0.25) is 9.10 Å². The number of aromatic nitrogens is 1. The number of amides is 1. The minimum Gasteiger partial charge on any atom is -0.494 e. The molecule has 1 heterocycles. The van der Waals surface area contributed by atoms with E-state index in [1.54, 1.807) is 24.3 Å². The van der Waals surface area contributed by atoms with Crippen LogP contribution in [0.15, 0.2) is 88.9 Å². The molecule has 0 aliphatic heterocycles. The summed E-state index contributed by atoms with van der Waals surface area (Å²) >= 11 is 12.0. The molecule has 0 saturated carbocycles. The number of hydrazone groups is 1. The van der Waals surface area contributed by atoms with Crippen LogP contribution in [-0.4, -0.2) is 38.3 Å². The van der Waals surface area contributed by atoms with Crippen LogP contribution in [0.3, 0.4) is 0 Å². The quantitative estimate of drug-likeness (QED) is 0.175. The molecule has 0 aliphatic rings. The number of ether oxygens (including phenoxy) is 1. The van der Waals surface area contributed by atoms with Gasteiger partial charge in [-0.2, -0.15) is 5.10 Å². The standard InChI is InChI=1S/C29H28Cl2N4O4S/c1-4-39-27-13-11-25(12-14-27)34(40(37,38)28-15-7-24(31)8-16-28)19-29(36)33-32-18-22-17-20(2)35(21(22)3)26-9-5-23(30)6-10-26/h5-18H,4,19H2,1-3H3,(H,33,36)/b32-18+. The van der Waals surface area contributed by atoms with Crippen molar-refractivity contribution in [3.05, 3.63) is 106 Å². The number of hydrogen-bond donors (Lipinski definition) is 1. The third-order valence-electron chi connectivity index (χ3n) is 6.07. The summed E-state index contributed by atoms with van der Waals surface area (Å²) in [5.41, 5.74) is 6.38. The van der Waals surface area contributed by atoms with Crippen molar-refractivity contribution in [3.63, 3.8) is 0 Å². The van der Waals surface area contributed by atoms with Crippen molar-refractivity contribution in [1.29, 1.82) is 0 Å². The lowest BCUT2D eigenvalue weighted by atomic mass is 10.2. The maximum atomic E-state index is 13.5. The van der Waals surface area contributed by atoms with Gasteiger partial charge in [-0.25, -0.2) is 13.8 Å². The second-order valence-corrected chi connectivity index (χ2v) is 11.6. The van der Waals surface area contributed by atoms with Gasteiger partial charge in [-0.1, -0.05) is 23.2 Å². The smallest absolute Gasteiger partial charge is 0.264 e. The largest absolute Gasteiger partial charge is 0.494 e. The Kier molecular flexibility index (Phi) is 9.19. The molecule has 3 aromatic carbocycles. The van der Waals surface area contributed by atoms with Gasteiger partial charge < -0.3 is 9.30 Å². The summed E-state index contributed by atoms with van der Waals surface area (Å²) in [6, 6.07) is 21.6. The Morgan fingerprint density at radius 3 is 2.17 bits per heavy atom. The molecule has 1 aromatic heterocycles. The maximum Gasteiger partial charge on any atom is 0.264 e. The first-order chi connectivity index (χ1) is 19.1. The van der Waals surface area contributed by atoms with E-state index >= 15 is 0 Å². The van der Waals surface area contributed by atoms with Crippen LogP contribution in [-0.2, 0) is 14.8 Å². The van der Waals surface area contributed by atoms with E-state index in [4.69, 9.17) is 27.9 Å². The summed E-state index contributed by atoms with van der Waals surface area (Å²) in [6.07, 6.45) is 1.53. The van der Waals surface area contributed by atoms with E-state index in [1.807, 2.05) is 55.7 Å². The van der Waals surface area contributed by atoms with Crippen LogP contribution < -0.4 is 14.5 Å². The molecule has 1 N–H and O–H groups in total. The number of rotatable bonds is 10. The van der Waals surface area contributed by atoms with Gasteiger partial charge in [0.25, 0.3) is 15.9 Å². The van der Waals surface area contributed by atoms with Crippen LogP contribution in [0, 0.1) is 13.8 Å². The molecule has 0 atom stereocenters. The number of nitrogens with zero attached hydrogens (tertiary/aromatic N) is 3. The summed E-state index contributed by atoms with van der Waals surface area (Å²) in [5, 5.41) is 5.14. The van der Waals surface area contributed by atoms with Crippen LogP contribution in [0.5, 0.6) is 5.75 Å². The zero-order valence-corrected chi connectivity index (χ0v) is 24.5. The van der Waals surface area contributed by atoms with Crippen molar-refractivity contribution >= 4 is 51.0 Å². The lowest BCUT2D eigenvalue weighted by Crippen LogP contribution is -2.39. The van der Waals surface area contributed by atoms with Gasteiger partial charge in [0.1, 0.15) is 12.3 Å². The lowest BCUT2D eigenvalue weighted by molar-refractivity contribution is -0.119. The molecule has 0 bridgehead atoms. The number of sulfonamides is 1. The maximum absolute atomic E-state index is 13.5. The number of hydrogen-bond acceptors (Lipinski definition) is 5. The normalized spacial score (nSPS) is 11.5. The van der Waals surface area contributed by atoms with E-state index in [0.29, 0.717) is 28.1 Å². The van der Waals surface area contributed by atoms with E-state index in [1.165, 1.54) is 30.5 Å². The molecule has 4 rings (SSSR count). The van der Waals surface area contributed by atoms with E-state index in [0.717, 1.165) is 26.9 Å². The molecular formula is C29H28Cl2N4O4S. The molecule has 0 spiro atoms. The van der Waals surface area contributed by atoms with Gasteiger partial charge in [0, 0.05) is 32.7 Å². The number of halogens is 2. The Balaban J connectivity index is 1.55. The molecule has 0 saturated heterocycles. The van der Waals surface area contributed by atoms with Crippen molar-refractivity contribution in [2.45, 2.75) is 25.7 Å². The summed E-state index contributed by atoms with van der Waals surface area (Å²) in [4.78, 5) is 12.9. The van der Waals surface area contributed by atoms with Crippen LogP contribution in [0.25, 0.3) is 5.69 Å². The molecular weight excluding hydrogens is 571 g/mol. The highest BCUT2D eigenvalue weighted by Gasteiger charge is 2.27. The van der Waals surface area contributed by atoms with Gasteiger partial charge in [0.05, 0.1) is 23.4 Å². The monoisotopic (exact) mass is 598 g/mol. The number of carbonyl (C=O) groups excluding carboxylic acids is 1. The zero-order chi connectivity index (χ0) is 28.9. The Hall–Kier alpha value is -3.79. The van der Waals surface area contributed by atoms with Crippen LogP contribution in [0.1, 0.15) is 23.9 Å². The highest BCUT2D eigenvalue weighted by molar-refractivity contribution is 7.92. The fourth-order valence-corrected chi connectivity index (χ4v) is 5.84. The Labute approximate surface area is 243 Å². The average Bonchev–Trinajstić information content (AvgIpc) is 3.21. The Morgan fingerprint density at radius 2 is 1.57 bits per heavy atom. The molecule has 1 amide bonds. The highest BCUT2D eigenvalue weighted by atomic mass is 35.5. The molecule has 40 heavy (non-hydrogen) atoms. The molecule has 4 aromatic rings. The summed E-state index contributed by atoms with van der Waals surface area (Å²) in [5.74, 6) is -0.0328. The summed E-state index contributed by atoms with van der Waals surface area (Å²) in [6.45, 7) is 5.73. The van der Waals surface area contributed by atoms with Crippen molar-refractivity contribution in [2.75, 3.05) is 17.5 Å². The molecule has 208 valence electrons. The number of carbonyl (C=O) groups is 1. The summed E-state index contributed by atoms with van der Waals surface area (Å²) in [7, 11) is -4.10. The fraction of sp³-hybridized carbons (Fsp3) is 0.172. The first-order valence-corrected chi connectivity index (χ1v) is 14.6. The lowest BCUT2D eigenvalue weighted by Gasteiger charge is -2.24. The Morgan fingerprint density at radius 1 is 0.975 bits per heavy atom. The van der Waals surface area contributed by atoms with E-state index in [2.05, 4.69) is 10.5 Å². The van der Waals surface area contributed by atoms with Crippen molar-refractivity contribution < 1.29 is 17.9 Å². The fourth-order valence-electron chi connectivity index (χ4n) is 4.17. The second-order valence-electron chi connectivity index (χ2n) is 8.82. The SMILES string of the molecule is CCOc1ccc(N(CC(=O)N/N=C/c2cc(C)n(-c3ccc(Cl)cc3)c2C)S(=O)(=O)c2ccc(Cl)cc2)cc1. The van der Waals surface area contributed by atoms with E-state index in [-0.39, 0.29) is 4.90 Å². The van der Waals surface area contributed by atoms with Gasteiger partial charge in [0.2, 0.25) is 0 Å². The predicted octanol–water partition coefficient (Wildman–Crippen LogP) is 6.15. The van der Waals surface area contributed by atoms with Crippen molar-refractivity contribution in [1.82, 2.24) is 9.99 Å². The van der Waals surface area contributed by atoms with Crippen molar-refractivity contribution in [3.8, 4) is 11.4 Å². The predicted molar refractivity (Wildman–Crippen MR) is 160 cm³/mol. The summed E-state index contributed by atoms with van der Waals surface area (Å²) < 4.78 is 35.6. The minimum atomic E-state index is -4.10. The van der Waals surface area contributed by atoms with Crippen molar-refractivity contribution in [2.24, 2.45) is 5.10 Å². The zero-order valence-electron chi connectivity index (χ0n) is 22.1. The number of aryl methyl sites for hydroxylation is 1. The van der Waals surface area contributed by atoms with E-state index < -0.39 is 22.5 Å². The van der Waals surface area contributed by atoms with Gasteiger partial charge in [-0.15, -0.1) is 0 Å². The van der Waals surface area contributed by atoms with Gasteiger partial charge in [-0.05, 0) is 99.6 Å². The molecule has 0 aliphatic carbocycles. The average molecular weight is 600 g/mol.